The molecular weight excluding hydrogens is 483 g/mol. The Hall–Kier alpha value is -1.92. The number of hydrogen-bond acceptors (Lipinski definition) is 2. The predicted molar refractivity (Wildman–Crippen MR) is 124 cm³/mol. The summed E-state index contributed by atoms with van der Waals surface area (Å²) in [6.45, 7) is 7.09. The highest BCUT2D eigenvalue weighted by Crippen LogP contribution is 2.39. The second-order valence-electron chi connectivity index (χ2n) is 10.3. The van der Waals surface area contributed by atoms with E-state index in [9.17, 15) is 9.18 Å². The minimum atomic E-state index is -0.291. The van der Waals surface area contributed by atoms with Crippen LogP contribution in [0.3, 0.4) is 0 Å². The molecule has 3 saturated heterocycles. The highest BCUT2D eigenvalue weighted by Gasteiger charge is 2.49. The number of rotatable bonds is 6. The zero-order valence-corrected chi connectivity index (χ0v) is 21.0. The van der Waals surface area contributed by atoms with E-state index in [0.29, 0.717) is 12.5 Å². The molecule has 0 spiro atoms. The summed E-state index contributed by atoms with van der Waals surface area (Å²) in [7, 11) is 0. The van der Waals surface area contributed by atoms with E-state index >= 15 is 0 Å². The van der Waals surface area contributed by atoms with Crippen LogP contribution in [0.25, 0.3) is 0 Å². The minimum Gasteiger partial charge on any atom is -1.00 e. The number of nitrogens with zero attached hydrogens (tertiary/aromatic N) is 2. The normalized spacial score (nSPS) is 26.2. The average Bonchev–Trinajstić information content (AvgIpc) is 2.77. The standard InChI is InChI=1S/C27H34FN2O2.BrH/c1-20-4-2-7-25(16-20)29(17-21-8-10-24(28)11-9-21)27(31)32-26-19-30(18-22-5-3-6-22)14-12-23(26)13-15-30;/h2,4,7-11,16,22-23,26H,3,5-6,12-15,17-19H2,1H3;1H/q+1;/p-1/t23?,26-,30?;/m0./s1. The summed E-state index contributed by atoms with van der Waals surface area (Å²) < 4.78 is 20.8. The van der Waals surface area contributed by atoms with Gasteiger partial charge in [-0.05, 0) is 55.2 Å². The van der Waals surface area contributed by atoms with Crippen LogP contribution >= 0.6 is 0 Å². The van der Waals surface area contributed by atoms with E-state index in [-0.39, 0.29) is 35.0 Å². The van der Waals surface area contributed by atoms with Crippen molar-refractivity contribution >= 4 is 11.8 Å². The fourth-order valence-electron chi connectivity index (χ4n) is 5.86. The molecule has 33 heavy (non-hydrogen) atoms. The van der Waals surface area contributed by atoms with Crippen molar-refractivity contribution in [1.82, 2.24) is 0 Å². The Morgan fingerprint density at radius 1 is 1.09 bits per heavy atom. The van der Waals surface area contributed by atoms with E-state index in [4.69, 9.17) is 4.74 Å². The van der Waals surface area contributed by atoms with Gasteiger partial charge < -0.3 is 26.2 Å². The molecule has 0 N–H and O–H groups in total. The number of fused-ring (bicyclic) bond motifs is 3. The molecule has 4 fully saturated rings. The lowest BCUT2D eigenvalue weighted by molar-refractivity contribution is -0.949. The Labute approximate surface area is 207 Å². The summed E-state index contributed by atoms with van der Waals surface area (Å²) in [6.07, 6.45) is 6.13. The zero-order valence-electron chi connectivity index (χ0n) is 19.4. The number of quaternary nitrogens is 1. The Balaban J connectivity index is 0.00000259. The lowest BCUT2D eigenvalue weighted by Gasteiger charge is -2.54. The number of piperidine rings is 3. The summed E-state index contributed by atoms with van der Waals surface area (Å²) >= 11 is 0. The van der Waals surface area contributed by atoms with Crippen LogP contribution in [0.1, 0.15) is 43.2 Å². The van der Waals surface area contributed by atoms with Crippen molar-refractivity contribution < 1.29 is 35.4 Å². The number of ether oxygens (including phenoxy) is 1. The second kappa shape index (κ2) is 10.1. The molecule has 1 atom stereocenters. The Morgan fingerprint density at radius 2 is 1.82 bits per heavy atom. The molecule has 0 aromatic heterocycles. The van der Waals surface area contributed by atoms with Gasteiger partial charge in [-0.1, -0.05) is 30.7 Å². The molecule has 6 rings (SSSR count). The molecule has 4 nitrogen and oxygen atoms in total. The summed E-state index contributed by atoms with van der Waals surface area (Å²) in [5.41, 5.74) is 2.79. The molecule has 3 heterocycles. The highest BCUT2D eigenvalue weighted by molar-refractivity contribution is 5.87. The van der Waals surface area contributed by atoms with Crippen LogP contribution in [0.4, 0.5) is 14.9 Å². The summed E-state index contributed by atoms with van der Waals surface area (Å²) in [5, 5.41) is 0. The van der Waals surface area contributed by atoms with Crippen molar-refractivity contribution in [2.45, 2.75) is 51.7 Å². The molecule has 1 amide bonds. The lowest BCUT2D eigenvalue weighted by Crippen LogP contribution is -3.00. The number of carbonyl (C=O) groups excluding carboxylic acids is 1. The Morgan fingerprint density at radius 3 is 2.45 bits per heavy atom. The molecule has 0 unspecified atom stereocenters. The topological polar surface area (TPSA) is 29.5 Å². The van der Waals surface area contributed by atoms with E-state index in [1.807, 2.05) is 31.2 Å². The van der Waals surface area contributed by atoms with Gasteiger partial charge in [-0.25, -0.2) is 9.18 Å². The molecule has 4 aliphatic rings. The van der Waals surface area contributed by atoms with Crippen LogP contribution in [-0.2, 0) is 11.3 Å². The third kappa shape index (κ3) is 5.43. The summed E-state index contributed by atoms with van der Waals surface area (Å²) in [4.78, 5) is 15.2. The molecule has 6 heteroatoms. The van der Waals surface area contributed by atoms with Crippen LogP contribution in [0.5, 0.6) is 0 Å². The van der Waals surface area contributed by atoms with E-state index in [2.05, 4.69) is 0 Å². The number of benzene rings is 2. The van der Waals surface area contributed by atoms with E-state index < -0.39 is 0 Å². The van der Waals surface area contributed by atoms with Crippen LogP contribution in [0, 0.1) is 24.6 Å². The van der Waals surface area contributed by atoms with Gasteiger partial charge in [0.15, 0.2) is 6.10 Å². The number of aryl methyl sites for hydroxylation is 1. The van der Waals surface area contributed by atoms with Crippen molar-refractivity contribution in [3.8, 4) is 0 Å². The van der Waals surface area contributed by atoms with Crippen molar-refractivity contribution in [2.24, 2.45) is 11.8 Å². The lowest BCUT2D eigenvalue weighted by atomic mass is 9.79. The van der Waals surface area contributed by atoms with Crippen LogP contribution in [0.2, 0.25) is 0 Å². The maximum Gasteiger partial charge on any atom is 0.415 e. The molecule has 2 bridgehead atoms. The van der Waals surface area contributed by atoms with Gasteiger partial charge in [0.2, 0.25) is 0 Å². The second-order valence-corrected chi connectivity index (χ2v) is 10.3. The first-order valence-corrected chi connectivity index (χ1v) is 12.1. The number of anilines is 1. The highest BCUT2D eigenvalue weighted by atomic mass is 79.9. The molecule has 1 aliphatic carbocycles. The molecule has 1 saturated carbocycles. The largest absolute Gasteiger partial charge is 1.00 e. The number of carbonyl (C=O) groups is 1. The number of hydrogen-bond donors (Lipinski definition) is 0. The maximum absolute atomic E-state index is 13.5. The van der Waals surface area contributed by atoms with Crippen molar-refractivity contribution in [3.63, 3.8) is 0 Å². The van der Waals surface area contributed by atoms with Crippen molar-refractivity contribution in [2.75, 3.05) is 31.1 Å². The first kappa shape index (κ1) is 24.2. The number of amides is 1. The van der Waals surface area contributed by atoms with E-state index in [1.54, 1.807) is 17.0 Å². The molecular formula is C27H34BrFN2O2. The van der Waals surface area contributed by atoms with Gasteiger partial charge in [-0.15, -0.1) is 0 Å². The van der Waals surface area contributed by atoms with Gasteiger partial charge in [0.25, 0.3) is 0 Å². The van der Waals surface area contributed by atoms with Gasteiger partial charge in [0, 0.05) is 30.4 Å². The van der Waals surface area contributed by atoms with Crippen molar-refractivity contribution in [3.05, 3.63) is 65.5 Å². The monoisotopic (exact) mass is 516 g/mol. The van der Waals surface area contributed by atoms with Gasteiger partial charge in [0.05, 0.1) is 26.2 Å². The van der Waals surface area contributed by atoms with Gasteiger partial charge >= 0.3 is 6.09 Å². The van der Waals surface area contributed by atoms with Gasteiger partial charge in [0.1, 0.15) is 12.4 Å². The van der Waals surface area contributed by atoms with E-state index in [1.165, 1.54) is 51.0 Å². The Kier molecular flexibility index (Phi) is 7.44. The first-order chi connectivity index (χ1) is 15.5. The predicted octanol–water partition coefficient (Wildman–Crippen LogP) is 2.69. The third-order valence-corrected chi connectivity index (χ3v) is 7.95. The molecule has 2 aromatic carbocycles. The van der Waals surface area contributed by atoms with Gasteiger partial charge in [-0.2, -0.15) is 0 Å². The maximum atomic E-state index is 13.5. The number of halogens is 2. The molecule has 3 aliphatic heterocycles. The SMILES string of the molecule is Cc1cccc(N(Cc2ccc(F)cc2)C(=O)O[C@H]2C[N+]3(CC4CCC4)CCC2CC3)c1.[Br-]. The van der Waals surface area contributed by atoms with Crippen LogP contribution in [-0.4, -0.2) is 42.9 Å². The third-order valence-electron chi connectivity index (χ3n) is 7.95. The first-order valence-electron chi connectivity index (χ1n) is 12.1. The van der Waals surface area contributed by atoms with E-state index in [0.717, 1.165) is 46.6 Å². The quantitative estimate of drug-likeness (QED) is 0.552. The zero-order chi connectivity index (χ0) is 22.1. The fraction of sp³-hybridized carbons (Fsp3) is 0.519. The van der Waals surface area contributed by atoms with Crippen molar-refractivity contribution in [1.29, 1.82) is 0 Å². The van der Waals surface area contributed by atoms with Crippen LogP contribution in [0.15, 0.2) is 48.5 Å². The fourth-order valence-corrected chi connectivity index (χ4v) is 5.86. The summed E-state index contributed by atoms with van der Waals surface area (Å²) in [5.74, 6) is 1.07. The summed E-state index contributed by atoms with van der Waals surface area (Å²) in [6, 6.07) is 14.3. The smallest absolute Gasteiger partial charge is 0.415 e. The minimum absolute atomic E-state index is 0. The van der Waals surface area contributed by atoms with Gasteiger partial charge in [-0.3, -0.25) is 4.90 Å². The molecule has 2 aromatic rings. The average molecular weight is 517 g/mol. The van der Waals surface area contributed by atoms with Crippen LogP contribution < -0.4 is 21.9 Å². The molecule has 0 radical (unpaired) electrons. The molecule has 178 valence electrons. The Bertz CT molecular complexity index is 955.